The lowest BCUT2D eigenvalue weighted by molar-refractivity contribution is -0.148. The van der Waals surface area contributed by atoms with E-state index in [2.05, 4.69) is 42.2 Å². The molecule has 67 heavy (non-hydrogen) atoms. The number of ether oxygens (including phenoxy) is 1. The first-order valence-corrected chi connectivity index (χ1v) is 24.0. The Morgan fingerprint density at radius 2 is 1.48 bits per heavy atom. The Kier molecular flexibility index (Phi) is 17.3. The fraction of sp³-hybridized carbons (Fsp3) is 0.575. The number of anilines is 1. The second-order valence-corrected chi connectivity index (χ2v) is 18.8. The topological polar surface area (TPSA) is 379 Å². The maximum atomic E-state index is 14.5. The molecule has 0 spiro atoms. The SMILES string of the molecule is CC[C@H](C)[C@@H]1NC(=O)CNC(=O)[C@@H]2Cc3c([nH]c4cc(OP(=O)(O)O)c(N)cc34)SC[C@H](NC(=O)CNC1=O)C(=O)N[C@@H](CC(=O)OC)C(=O)N1C[C@H](O)C[C@H]1C(=O)N[C@@H]([C@@H](C)CC)C(=O)N2. The van der Waals surface area contributed by atoms with E-state index in [1.165, 1.54) is 12.1 Å². The van der Waals surface area contributed by atoms with Crippen molar-refractivity contribution in [1.29, 1.82) is 0 Å². The Hall–Kier alpha value is -5.95. The number of fused-ring (bicyclic) bond motifs is 5. The molecule has 5 rings (SSSR count). The van der Waals surface area contributed by atoms with Crippen molar-refractivity contribution < 1.29 is 71.9 Å². The number of esters is 1. The second-order valence-electron chi connectivity index (χ2n) is 16.6. The lowest BCUT2D eigenvalue weighted by atomic mass is 9.96. The van der Waals surface area contributed by atoms with Gasteiger partial charge in [-0.2, -0.15) is 0 Å². The van der Waals surface area contributed by atoms with Gasteiger partial charge in [-0.15, -0.1) is 11.8 Å². The number of methoxy groups -OCH3 is 1. The molecule has 25 nitrogen and oxygen atoms in total. The molecule has 2 bridgehead atoms. The molecular formula is C40H57N10O15PS. The quantitative estimate of drug-likeness (QED) is 0.0720. The number of aromatic nitrogens is 1. The number of thioether (sulfide) groups is 1. The molecule has 8 amide bonds. The number of carbonyl (C=O) groups excluding carboxylic acids is 9. The Balaban J connectivity index is 1.74. The zero-order valence-corrected chi connectivity index (χ0v) is 39.0. The monoisotopic (exact) mass is 980 g/mol. The first-order chi connectivity index (χ1) is 31.5. The van der Waals surface area contributed by atoms with Crippen LogP contribution in [0.1, 0.15) is 58.9 Å². The van der Waals surface area contributed by atoms with Gasteiger partial charge < -0.3 is 67.2 Å². The zero-order chi connectivity index (χ0) is 49.5. The van der Waals surface area contributed by atoms with Crippen molar-refractivity contribution in [3.63, 3.8) is 0 Å². The van der Waals surface area contributed by atoms with E-state index in [1.54, 1.807) is 27.7 Å². The molecule has 4 heterocycles. The summed E-state index contributed by atoms with van der Waals surface area (Å²) in [5.41, 5.74) is 6.32. The van der Waals surface area contributed by atoms with Crippen LogP contribution in [0, 0.1) is 11.8 Å². The van der Waals surface area contributed by atoms with Crippen molar-refractivity contribution in [2.24, 2.45) is 11.8 Å². The number of nitrogens with zero attached hydrogens (tertiary/aromatic N) is 1. The molecule has 13 N–H and O–H groups in total. The normalized spacial score (nSPS) is 26.3. The van der Waals surface area contributed by atoms with Crippen molar-refractivity contribution >= 4 is 89.4 Å². The number of rotatable bonds is 8. The predicted molar refractivity (Wildman–Crippen MR) is 237 cm³/mol. The number of amides is 8. The van der Waals surface area contributed by atoms with Gasteiger partial charge in [0.1, 0.15) is 36.3 Å². The van der Waals surface area contributed by atoms with Gasteiger partial charge >= 0.3 is 13.8 Å². The Morgan fingerprint density at radius 3 is 2.10 bits per heavy atom. The Morgan fingerprint density at radius 1 is 0.851 bits per heavy atom. The number of nitrogen functional groups attached to an aromatic ring is 1. The van der Waals surface area contributed by atoms with Gasteiger partial charge in [0.05, 0.1) is 49.0 Å². The molecule has 368 valence electrons. The molecule has 3 aliphatic rings. The standard InChI is InChI=1S/C40H57N10O15PS/c1-6-17(3)32-37(58)43-13-29(52)44-26-16-67-39-21(20-9-22(41)28(11-23(20)47-39)65-66(61,62)63)10-24(34(55)42-14-30(53)48-32)45-38(59)33(18(4)7-2)49-36(57)27-8-19(51)15-50(27)40(60)25(46-35(26)56)12-31(54)64-5/h9,11,17-19,24-27,32-33,47,51H,6-8,10,12-16,41H2,1-5H3,(H,42,55)(H,43,58)(H,44,52)(H,45,59)(H,46,56)(H,48,53)(H,49,57)(H2,61,62,63)/t17-,18-,19+,24-,25-,26-,27-,32-,33-/m0/s1. The number of phosphoric acid groups is 1. The lowest BCUT2D eigenvalue weighted by Crippen LogP contribution is -2.61. The molecule has 2 aromatic rings. The fourth-order valence-electron chi connectivity index (χ4n) is 7.75. The minimum absolute atomic E-state index is 0.136. The van der Waals surface area contributed by atoms with Crippen LogP contribution in [0.5, 0.6) is 5.75 Å². The summed E-state index contributed by atoms with van der Waals surface area (Å²) >= 11 is 0.877. The summed E-state index contributed by atoms with van der Waals surface area (Å²) < 4.78 is 21.5. The number of hydrogen-bond acceptors (Lipinski definition) is 15. The number of aromatic amines is 1. The molecule has 1 aromatic carbocycles. The number of hydrogen-bond donors (Lipinski definition) is 12. The van der Waals surface area contributed by atoms with Crippen molar-refractivity contribution in [3.8, 4) is 5.75 Å². The first kappa shape index (κ1) is 52.0. The number of nitrogens with two attached hydrogens (primary N) is 1. The molecule has 9 atom stereocenters. The molecular weight excluding hydrogens is 924 g/mol. The van der Waals surface area contributed by atoms with E-state index in [0.717, 1.165) is 23.8 Å². The summed E-state index contributed by atoms with van der Waals surface area (Å²) in [4.78, 5) is 148. The van der Waals surface area contributed by atoms with Crippen molar-refractivity contribution in [3.05, 3.63) is 17.7 Å². The van der Waals surface area contributed by atoms with E-state index < -0.39 is 153 Å². The van der Waals surface area contributed by atoms with Crippen LogP contribution in [0.4, 0.5) is 5.69 Å². The number of nitrogens with one attached hydrogen (secondary N) is 8. The van der Waals surface area contributed by atoms with Crippen LogP contribution < -0.4 is 47.5 Å². The highest BCUT2D eigenvalue weighted by atomic mass is 32.2. The molecule has 3 aliphatic heterocycles. The van der Waals surface area contributed by atoms with E-state index >= 15 is 0 Å². The van der Waals surface area contributed by atoms with Gasteiger partial charge in [-0.1, -0.05) is 40.5 Å². The van der Waals surface area contributed by atoms with Crippen LogP contribution in [-0.4, -0.2) is 153 Å². The summed E-state index contributed by atoms with van der Waals surface area (Å²) in [6, 6.07) is -6.44. The van der Waals surface area contributed by atoms with Crippen LogP contribution in [0.25, 0.3) is 10.9 Å². The average Bonchev–Trinajstić information content (AvgIpc) is 3.83. The summed E-state index contributed by atoms with van der Waals surface area (Å²) in [7, 11) is -4.10. The molecule has 1 saturated heterocycles. The first-order valence-electron chi connectivity index (χ1n) is 21.5. The third kappa shape index (κ3) is 13.1. The summed E-state index contributed by atoms with van der Waals surface area (Å²) in [5, 5.41) is 29.0. The minimum atomic E-state index is -5.14. The maximum absolute atomic E-state index is 14.5. The predicted octanol–water partition coefficient (Wildman–Crippen LogP) is -2.84. The highest BCUT2D eigenvalue weighted by molar-refractivity contribution is 7.99. The lowest BCUT2D eigenvalue weighted by Gasteiger charge is -2.32. The summed E-state index contributed by atoms with van der Waals surface area (Å²) in [6.07, 6.45) is -2.01. The van der Waals surface area contributed by atoms with Crippen molar-refractivity contribution in [2.45, 2.75) is 107 Å². The Labute approximate surface area is 388 Å². The second kappa shape index (κ2) is 22.2. The van der Waals surface area contributed by atoms with Crippen molar-refractivity contribution in [2.75, 3.05) is 38.2 Å². The van der Waals surface area contributed by atoms with E-state index in [9.17, 15) is 62.6 Å². The number of carbonyl (C=O) groups is 9. The molecule has 27 heteroatoms. The fourth-order valence-corrected chi connectivity index (χ4v) is 9.28. The summed E-state index contributed by atoms with van der Waals surface area (Å²) in [6.45, 7) is 5.00. The third-order valence-corrected chi connectivity index (χ3v) is 13.4. The van der Waals surface area contributed by atoms with Crippen LogP contribution in [0.2, 0.25) is 0 Å². The van der Waals surface area contributed by atoms with Gasteiger partial charge in [0.2, 0.25) is 47.3 Å². The van der Waals surface area contributed by atoms with Crippen LogP contribution in [-0.2, 0) is 58.9 Å². The van der Waals surface area contributed by atoms with Crippen LogP contribution in [0.3, 0.4) is 0 Å². The van der Waals surface area contributed by atoms with Crippen LogP contribution >= 0.6 is 19.6 Å². The van der Waals surface area contributed by atoms with E-state index in [-0.39, 0.29) is 39.4 Å². The third-order valence-electron chi connectivity index (χ3n) is 11.8. The average molecular weight is 981 g/mol. The number of benzene rings is 1. The smallest absolute Gasteiger partial charge is 0.469 e. The highest BCUT2D eigenvalue weighted by Crippen LogP contribution is 2.43. The molecule has 0 unspecified atom stereocenters. The number of aliphatic hydroxyl groups is 1. The molecule has 1 fully saturated rings. The van der Waals surface area contributed by atoms with E-state index in [1.807, 2.05) is 0 Å². The molecule has 0 radical (unpaired) electrons. The van der Waals surface area contributed by atoms with E-state index in [0.29, 0.717) is 12.8 Å². The van der Waals surface area contributed by atoms with Gasteiger partial charge in [0, 0.05) is 36.6 Å². The van der Waals surface area contributed by atoms with Gasteiger partial charge in [-0.25, -0.2) is 4.57 Å². The highest BCUT2D eigenvalue weighted by Gasteiger charge is 2.44. The molecule has 0 aliphatic carbocycles. The van der Waals surface area contributed by atoms with Crippen molar-refractivity contribution in [1.82, 2.24) is 47.1 Å². The minimum Gasteiger partial charge on any atom is -0.469 e. The number of aliphatic hydroxyl groups excluding tert-OH is 1. The molecule has 0 saturated carbocycles. The zero-order valence-electron chi connectivity index (χ0n) is 37.3. The van der Waals surface area contributed by atoms with Gasteiger partial charge in [-0.3, -0.25) is 52.9 Å². The van der Waals surface area contributed by atoms with Gasteiger partial charge in [0.25, 0.3) is 0 Å². The number of phosphoric ester groups is 1. The Bertz CT molecular complexity index is 2330. The largest absolute Gasteiger partial charge is 0.524 e. The van der Waals surface area contributed by atoms with Gasteiger partial charge in [0.15, 0.2) is 5.75 Å². The van der Waals surface area contributed by atoms with E-state index in [4.69, 9.17) is 15.0 Å². The number of H-pyrrole nitrogens is 1. The molecule has 1 aromatic heterocycles. The maximum Gasteiger partial charge on any atom is 0.524 e. The van der Waals surface area contributed by atoms with Crippen LogP contribution in [0.15, 0.2) is 17.2 Å². The van der Waals surface area contributed by atoms with Gasteiger partial charge in [-0.05, 0) is 23.5 Å². The summed E-state index contributed by atoms with van der Waals surface area (Å²) in [5.74, 6) is -10.0.